The normalized spacial score (nSPS) is 10.4. The topological polar surface area (TPSA) is 128 Å². The number of nitrogens with one attached hydrogen (secondary N) is 2. The van der Waals surface area contributed by atoms with E-state index in [1.165, 1.54) is 19.2 Å². The smallest absolute Gasteiger partial charge is 0.441 e. The number of ether oxygens (including phenoxy) is 1. The number of benzene rings is 2. The van der Waals surface area contributed by atoms with Crippen molar-refractivity contribution in [3.63, 3.8) is 0 Å². The lowest BCUT2D eigenvalue weighted by molar-refractivity contribution is -0.672. The van der Waals surface area contributed by atoms with Crippen LogP contribution in [0.3, 0.4) is 0 Å². The fourth-order valence-electron chi connectivity index (χ4n) is 2.33. The molecule has 27 heavy (non-hydrogen) atoms. The van der Waals surface area contributed by atoms with E-state index in [0.29, 0.717) is 11.4 Å². The second-order valence-electron chi connectivity index (χ2n) is 5.30. The lowest BCUT2D eigenvalue weighted by Crippen LogP contribution is -2.42. The van der Waals surface area contributed by atoms with Crippen LogP contribution in [0.4, 0.5) is 5.69 Å². The van der Waals surface area contributed by atoms with Crippen molar-refractivity contribution in [2.24, 2.45) is 0 Å². The first-order valence-corrected chi connectivity index (χ1v) is 7.88. The van der Waals surface area contributed by atoms with Crippen LogP contribution in [-0.4, -0.2) is 24.3 Å². The number of aromatic carboxylic acids is 1. The van der Waals surface area contributed by atoms with Crippen LogP contribution in [0.25, 0.3) is 5.69 Å². The number of carboxylic acids is 1. The van der Waals surface area contributed by atoms with Crippen LogP contribution in [0, 0.1) is 0 Å². The van der Waals surface area contributed by atoms with Crippen LogP contribution >= 0.6 is 11.6 Å². The van der Waals surface area contributed by atoms with Gasteiger partial charge in [-0.1, -0.05) is 11.6 Å². The van der Waals surface area contributed by atoms with Gasteiger partial charge in [-0.25, -0.2) is 4.79 Å². The Hall–Kier alpha value is -3.59. The van der Waals surface area contributed by atoms with Gasteiger partial charge in [0.15, 0.2) is 0 Å². The Kier molecular flexibility index (Phi) is 4.95. The lowest BCUT2D eigenvalue weighted by Gasteiger charge is -2.08. The third kappa shape index (κ3) is 3.67. The maximum Gasteiger partial charge on any atom is 0.441 e. The Balaban J connectivity index is 1.94. The van der Waals surface area contributed by atoms with Crippen molar-refractivity contribution in [3.05, 3.63) is 69.2 Å². The summed E-state index contributed by atoms with van der Waals surface area (Å²) < 4.78 is 10.9. The molecule has 0 unspecified atom stereocenters. The Labute approximate surface area is 156 Å². The number of H-pyrrole nitrogens is 1. The van der Waals surface area contributed by atoms with Gasteiger partial charge in [-0.05, 0) is 40.3 Å². The van der Waals surface area contributed by atoms with E-state index >= 15 is 0 Å². The van der Waals surface area contributed by atoms with Gasteiger partial charge in [0.2, 0.25) is 5.69 Å². The van der Waals surface area contributed by atoms with Crippen molar-refractivity contribution in [2.45, 2.75) is 0 Å². The van der Waals surface area contributed by atoms with Gasteiger partial charge in [0.25, 0.3) is 0 Å². The molecule has 0 atom stereocenters. The minimum atomic E-state index is -1.49. The molecule has 3 rings (SSSR count). The summed E-state index contributed by atoms with van der Waals surface area (Å²) in [6.45, 7) is 0. The summed E-state index contributed by atoms with van der Waals surface area (Å²) in [7, 11) is 1.51. The maximum atomic E-state index is 12.5. The minimum absolute atomic E-state index is 0.0394. The molecule has 0 fully saturated rings. The average Bonchev–Trinajstić information content (AvgIpc) is 3.04. The van der Waals surface area contributed by atoms with Crippen molar-refractivity contribution in [2.75, 3.05) is 12.4 Å². The van der Waals surface area contributed by atoms with Crippen LogP contribution in [0.5, 0.6) is 5.75 Å². The maximum absolute atomic E-state index is 12.5. The highest BCUT2D eigenvalue weighted by molar-refractivity contribution is 6.33. The quantitative estimate of drug-likeness (QED) is 0.612. The Morgan fingerprint density at radius 2 is 1.93 bits per heavy atom. The molecule has 3 aromatic rings. The van der Waals surface area contributed by atoms with Gasteiger partial charge in [-0.15, -0.1) is 0 Å². The summed E-state index contributed by atoms with van der Waals surface area (Å²) in [6.07, 6.45) is 0. The molecule has 0 aliphatic carbocycles. The zero-order valence-electron chi connectivity index (χ0n) is 13.8. The van der Waals surface area contributed by atoms with Crippen LogP contribution < -0.4 is 25.5 Å². The summed E-state index contributed by atoms with van der Waals surface area (Å²) in [5, 5.41) is 15.8. The molecular formula is C17H12ClN3O6. The predicted octanol–water partition coefficient (Wildman–Crippen LogP) is 0.522. The number of carbonyl (C=O) groups excluding carboxylic acids is 2. The molecule has 10 heteroatoms. The molecule has 9 nitrogen and oxygen atoms in total. The molecule has 2 N–H and O–H groups in total. The van der Waals surface area contributed by atoms with E-state index in [1.807, 2.05) is 0 Å². The molecular weight excluding hydrogens is 378 g/mol. The molecule has 2 aromatic carbocycles. The molecule has 1 aromatic heterocycles. The van der Waals surface area contributed by atoms with E-state index in [-0.39, 0.29) is 22.0 Å². The van der Waals surface area contributed by atoms with Crippen LogP contribution in [-0.2, 0) is 0 Å². The van der Waals surface area contributed by atoms with Crippen molar-refractivity contribution < 1.29 is 28.6 Å². The van der Waals surface area contributed by atoms with Gasteiger partial charge in [-0.3, -0.25) is 9.32 Å². The van der Waals surface area contributed by atoms with E-state index in [9.17, 15) is 19.5 Å². The molecule has 0 aliphatic rings. The Bertz CT molecular complexity index is 1070. The van der Waals surface area contributed by atoms with Crippen LogP contribution in [0.15, 0.2) is 51.8 Å². The van der Waals surface area contributed by atoms with Gasteiger partial charge in [-0.2, -0.15) is 0 Å². The second kappa shape index (κ2) is 7.34. The van der Waals surface area contributed by atoms with Crippen molar-refractivity contribution in [1.29, 1.82) is 0 Å². The van der Waals surface area contributed by atoms with Gasteiger partial charge in [0, 0.05) is 28.4 Å². The zero-order chi connectivity index (χ0) is 19.6. The Morgan fingerprint density at radius 1 is 1.22 bits per heavy atom. The molecule has 1 heterocycles. The summed E-state index contributed by atoms with van der Waals surface area (Å²) in [5.74, 6) is -1.72. The lowest BCUT2D eigenvalue weighted by atomic mass is 10.2. The van der Waals surface area contributed by atoms with E-state index in [2.05, 4.69) is 10.6 Å². The molecule has 0 radical (unpaired) electrons. The number of rotatable bonds is 5. The predicted molar refractivity (Wildman–Crippen MR) is 91.1 cm³/mol. The summed E-state index contributed by atoms with van der Waals surface area (Å²) in [4.78, 5) is 35.6. The number of amides is 1. The number of methoxy groups -OCH3 is 1. The molecule has 0 aliphatic heterocycles. The fourth-order valence-corrected chi connectivity index (χ4v) is 2.52. The zero-order valence-corrected chi connectivity index (χ0v) is 14.6. The number of anilines is 1. The molecule has 1 amide bonds. The first kappa shape index (κ1) is 18.2. The highest BCUT2D eigenvalue weighted by Crippen LogP contribution is 2.20. The average molecular weight is 390 g/mol. The monoisotopic (exact) mass is 389 g/mol. The number of aromatic amines is 1. The van der Waals surface area contributed by atoms with Crippen molar-refractivity contribution >= 4 is 29.2 Å². The van der Waals surface area contributed by atoms with E-state index in [1.54, 1.807) is 24.3 Å². The third-order valence-electron chi connectivity index (χ3n) is 3.64. The summed E-state index contributed by atoms with van der Waals surface area (Å²) >= 11 is 5.76. The first-order valence-electron chi connectivity index (χ1n) is 7.51. The third-order valence-corrected chi connectivity index (χ3v) is 3.97. The van der Waals surface area contributed by atoms with Crippen molar-refractivity contribution in [1.82, 2.24) is 5.27 Å². The number of carboxylic acid groups (broad SMARTS) is 1. The van der Waals surface area contributed by atoms with Gasteiger partial charge in [0.1, 0.15) is 5.75 Å². The van der Waals surface area contributed by atoms with Gasteiger partial charge < -0.3 is 20.0 Å². The summed E-state index contributed by atoms with van der Waals surface area (Å²) in [6, 6.07) is 10.3. The number of hydrogen-bond donors (Lipinski definition) is 2. The number of nitrogens with zero attached hydrogens (tertiary/aromatic N) is 1. The van der Waals surface area contributed by atoms with Crippen LogP contribution in [0.2, 0.25) is 5.02 Å². The molecule has 138 valence electrons. The summed E-state index contributed by atoms with van der Waals surface area (Å²) in [5.41, 5.74) is -0.982. The molecule has 0 saturated carbocycles. The van der Waals surface area contributed by atoms with E-state index < -0.39 is 17.5 Å². The number of carbonyl (C=O) groups is 2. The van der Waals surface area contributed by atoms with Crippen molar-refractivity contribution in [3.8, 4) is 11.4 Å². The van der Waals surface area contributed by atoms with Crippen LogP contribution in [0.1, 0.15) is 20.8 Å². The van der Waals surface area contributed by atoms with Gasteiger partial charge >= 0.3 is 17.2 Å². The largest absolute Gasteiger partial charge is 0.545 e. The molecule has 0 spiro atoms. The van der Waals surface area contributed by atoms with E-state index in [0.717, 1.165) is 10.7 Å². The molecule has 0 saturated heterocycles. The first-order chi connectivity index (χ1) is 12.9. The number of hydrogen-bond acceptors (Lipinski definition) is 6. The highest BCUT2D eigenvalue weighted by atomic mass is 35.5. The Morgan fingerprint density at radius 3 is 2.56 bits per heavy atom. The standard InChI is InChI=1S/C17H12ClN3O6/c1-26-11-5-3-10(4-6-11)21-14(17(25)27-20-21)15(22)19-9-2-7-13(18)12(8-9)16(23)24/h2-8H,1H3,(H2-,19,20,22,23,24,25). The minimum Gasteiger partial charge on any atom is -0.545 e. The number of halogens is 1. The molecule has 0 bridgehead atoms. The second-order valence-corrected chi connectivity index (χ2v) is 5.71. The highest BCUT2D eigenvalue weighted by Gasteiger charge is 2.31. The van der Waals surface area contributed by atoms with Gasteiger partial charge in [0.05, 0.1) is 13.1 Å². The SMILES string of the molecule is COc1ccc(-[n+]2[nH]oc(=O)c2C(=O)Nc2ccc(Cl)c(C(=O)[O-])c2)cc1. The number of aromatic nitrogens is 2. The fraction of sp³-hybridized carbons (Fsp3) is 0.0588. The van der Waals surface area contributed by atoms with E-state index in [4.69, 9.17) is 20.9 Å².